The van der Waals surface area contributed by atoms with E-state index >= 15 is 0 Å². The van der Waals surface area contributed by atoms with E-state index in [0.29, 0.717) is 19.0 Å². The van der Waals surface area contributed by atoms with Crippen LogP contribution in [-0.4, -0.2) is 28.8 Å². The number of hydrogen-bond acceptors (Lipinski definition) is 4. The van der Waals surface area contributed by atoms with Crippen molar-refractivity contribution in [3.05, 3.63) is 81.4 Å². The number of nitrogens with zero attached hydrogens (tertiary/aromatic N) is 2. The first-order valence-corrected chi connectivity index (χ1v) is 10.1. The lowest BCUT2D eigenvalue weighted by Crippen LogP contribution is -2.32. The zero-order valence-electron chi connectivity index (χ0n) is 16.7. The van der Waals surface area contributed by atoms with Crippen LogP contribution in [0.3, 0.4) is 0 Å². The fourth-order valence-electron chi connectivity index (χ4n) is 4.55. The first-order valence-electron chi connectivity index (χ1n) is 10.1. The summed E-state index contributed by atoms with van der Waals surface area (Å²) in [5.74, 6) is 0.618. The summed E-state index contributed by atoms with van der Waals surface area (Å²) in [6.45, 7) is 5.37. The number of nitro benzene ring substituents is 1. The van der Waals surface area contributed by atoms with Crippen molar-refractivity contribution in [2.45, 2.75) is 32.2 Å². The van der Waals surface area contributed by atoms with Gasteiger partial charge in [0, 0.05) is 42.4 Å². The zero-order chi connectivity index (χ0) is 20.5. The van der Waals surface area contributed by atoms with Gasteiger partial charge >= 0.3 is 0 Å². The van der Waals surface area contributed by atoms with Crippen LogP contribution in [-0.2, 0) is 0 Å². The van der Waals surface area contributed by atoms with Crippen LogP contribution in [0, 0.1) is 16.0 Å². The molecule has 0 radical (unpaired) electrons. The number of fused-ring (bicyclic) bond motifs is 3. The molecule has 1 heterocycles. The summed E-state index contributed by atoms with van der Waals surface area (Å²) in [6.07, 6.45) is 5.37. The van der Waals surface area contributed by atoms with E-state index in [1.165, 1.54) is 0 Å². The number of rotatable bonds is 5. The Labute approximate surface area is 170 Å². The Balaban J connectivity index is 1.67. The molecule has 2 aliphatic rings. The molecule has 2 aromatic carbocycles. The van der Waals surface area contributed by atoms with Crippen molar-refractivity contribution >= 4 is 17.3 Å². The quantitative estimate of drug-likeness (QED) is 0.447. The molecule has 2 aromatic rings. The molecule has 1 aliphatic carbocycles. The monoisotopic (exact) mass is 391 g/mol. The molecule has 150 valence electrons. The highest BCUT2D eigenvalue weighted by atomic mass is 16.6. The van der Waals surface area contributed by atoms with Crippen molar-refractivity contribution in [3.8, 4) is 0 Å². The number of allylic oxidation sites excluding steroid dienone is 2. The second kappa shape index (κ2) is 7.70. The molecule has 0 fully saturated rings. The van der Waals surface area contributed by atoms with Gasteiger partial charge in [0.25, 0.3) is 11.6 Å². The lowest BCUT2D eigenvalue weighted by Gasteiger charge is -2.37. The highest BCUT2D eigenvalue weighted by Gasteiger charge is 2.38. The van der Waals surface area contributed by atoms with E-state index in [9.17, 15) is 14.9 Å². The van der Waals surface area contributed by atoms with Gasteiger partial charge in [-0.1, -0.05) is 24.3 Å². The maximum Gasteiger partial charge on any atom is 0.269 e. The average Bonchev–Trinajstić information content (AvgIpc) is 3.24. The van der Waals surface area contributed by atoms with Crippen molar-refractivity contribution < 1.29 is 9.72 Å². The number of nitrogens with one attached hydrogen (secondary N) is 1. The number of non-ortho nitro benzene ring substituents is 1. The number of nitro groups is 1. The molecule has 1 aliphatic heterocycles. The van der Waals surface area contributed by atoms with E-state index in [1.807, 2.05) is 49.1 Å². The van der Waals surface area contributed by atoms with Crippen molar-refractivity contribution in [1.29, 1.82) is 0 Å². The average molecular weight is 391 g/mol. The molecule has 0 aromatic heterocycles. The lowest BCUT2D eigenvalue weighted by atomic mass is 9.76. The maximum absolute atomic E-state index is 12.8. The predicted molar refractivity (Wildman–Crippen MR) is 113 cm³/mol. The minimum Gasteiger partial charge on any atom is -0.378 e. The van der Waals surface area contributed by atoms with Gasteiger partial charge in [0.05, 0.1) is 11.0 Å². The van der Waals surface area contributed by atoms with E-state index in [4.69, 9.17) is 0 Å². The molecule has 0 saturated heterocycles. The zero-order valence-corrected chi connectivity index (χ0v) is 16.7. The van der Waals surface area contributed by atoms with Crippen LogP contribution in [0.15, 0.2) is 54.6 Å². The fourth-order valence-corrected chi connectivity index (χ4v) is 4.55. The van der Waals surface area contributed by atoms with Crippen molar-refractivity contribution in [2.75, 3.05) is 18.4 Å². The number of benzene rings is 2. The molecule has 3 atom stereocenters. The Morgan fingerprint density at radius 3 is 2.55 bits per heavy atom. The Morgan fingerprint density at radius 2 is 1.90 bits per heavy atom. The van der Waals surface area contributed by atoms with Crippen LogP contribution in [0.2, 0.25) is 0 Å². The van der Waals surface area contributed by atoms with Crippen LogP contribution in [0.5, 0.6) is 0 Å². The van der Waals surface area contributed by atoms with Gasteiger partial charge in [0.15, 0.2) is 0 Å². The number of carbonyl (C=O) groups excluding carboxylic acids is 1. The van der Waals surface area contributed by atoms with E-state index < -0.39 is 0 Å². The number of carbonyl (C=O) groups is 1. The van der Waals surface area contributed by atoms with Crippen molar-refractivity contribution in [3.63, 3.8) is 0 Å². The Kier molecular flexibility index (Phi) is 5.09. The third-order valence-electron chi connectivity index (χ3n) is 6.12. The minimum absolute atomic E-state index is 0.0637. The van der Waals surface area contributed by atoms with Crippen LogP contribution in [0.4, 0.5) is 11.4 Å². The van der Waals surface area contributed by atoms with Gasteiger partial charge in [-0.3, -0.25) is 14.9 Å². The molecule has 0 unspecified atom stereocenters. The molecule has 29 heavy (non-hydrogen) atoms. The standard InChI is InChI=1S/C23H25N3O3/c1-3-25(4-2)23(27)16-10-13-21-20(14-16)18-6-5-7-19(18)22(24-21)15-8-11-17(12-9-15)26(28)29/h5-6,8-14,18-19,22,24H,3-4,7H2,1-2H3/t18-,19-,22-/m0/s1. The third-order valence-corrected chi connectivity index (χ3v) is 6.12. The Hall–Kier alpha value is -3.15. The van der Waals surface area contributed by atoms with Crippen LogP contribution in [0.1, 0.15) is 53.7 Å². The van der Waals surface area contributed by atoms with Gasteiger partial charge in [0.1, 0.15) is 0 Å². The Bertz CT molecular complexity index is 964. The van der Waals surface area contributed by atoms with Gasteiger partial charge in [0.2, 0.25) is 0 Å². The third kappa shape index (κ3) is 3.39. The summed E-state index contributed by atoms with van der Waals surface area (Å²) in [7, 11) is 0. The predicted octanol–water partition coefficient (Wildman–Crippen LogP) is 4.90. The number of amides is 1. The van der Waals surface area contributed by atoms with Crippen LogP contribution < -0.4 is 5.32 Å². The topological polar surface area (TPSA) is 75.5 Å². The Morgan fingerprint density at radius 1 is 1.17 bits per heavy atom. The molecule has 0 saturated carbocycles. The van der Waals surface area contributed by atoms with Gasteiger partial charge < -0.3 is 10.2 Å². The smallest absolute Gasteiger partial charge is 0.269 e. The van der Waals surface area contributed by atoms with E-state index in [2.05, 4.69) is 17.5 Å². The summed E-state index contributed by atoms with van der Waals surface area (Å²) in [6, 6.07) is 12.8. The molecule has 6 nitrogen and oxygen atoms in total. The van der Waals surface area contributed by atoms with E-state index in [-0.39, 0.29) is 28.5 Å². The summed E-state index contributed by atoms with van der Waals surface area (Å²) < 4.78 is 0. The van der Waals surface area contributed by atoms with Crippen molar-refractivity contribution in [2.24, 2.45) is 5.92 Å². The van der Waals surface area contributed by atoms with Gasteiger partial charge in [-0.2, -0.15) is 0 Å². The lowest BCUT2D eigenvalue weighted by molar-refractivity contribution is -0.384. The molecular weight excluding hydrogens is 366 g/mol. The summed E-state index contributed by atoms with van der Waals surface area (Å²) in [4.78, 5) is 25.2. The number of hydrogen-bond donors (Lipinski definition) is 1. The summed E-state index contributed by atoms with van der Waals surface area (Å²) in [5, 5.41) is 14.6. The fraction of sp³-hybridized carbons (Fsp3) is 0.348. The first kappa shape index (κ1) is 19.2. The van der Waals surface area contributed by atoms with Crippen LogP contribution >= 0.6 is 0 Å². The van der Waals surface area contributed by atoms with Crippen LogP contribution in [0.25, 0.3) is 0 Å². The maximum atomic E-state index is 12.8. The molecule has 1 amide bonds. The van der Waals surface area contributed by atoms with E-state index in [1.54, 1.807) is 12.1 Å². The van der Waals surface area contributed by atoms with Gasteiger partial charge in [-0.15, -0.1) is 0 Å². The second-order valence-corrected chi connectivity index (χ2v) is 7.60. The first-order chi connectivity index (χ1) is 14.0. The van der Waals surface area contributed by atoms with Crippen molar-refractivity contribution in [1.82, 2.24) is 4.90 Å². The molecule has 1 N–H and O–H groups in total. The molecule has 0 bridgehead atoms. The number of anilines is 1. The summed E-state index contributed by atoms with van der Waals surface area (Å²) >= 11 is 0. The molecule has 0 spiro atoms. The van der Waals surface area contributed by atoms with Gasteiger partial charge in [-0.25, -0.2) is 0 Å². The second-order valence-electron chi connectivity index (χ2n) is 7.60. The highest BCUT2D eigenvalue weighted by molar-refractivity contribution is 5.95. The minimum atomic E-state index is -0.373. The van der Waals surface area contributed by atoms with E-state index in [0.717, 1.165) is 28.8 Å². The SMILES string of the molecule is CCN(CC)C(=O)c1ccc2c(c1)[C@H]1C=CC[C@@H]1[C@H](c1ccc([N+](=O)[O-])cc1)N2. The largest absolute Gasteiger partial charge is 0.378 e. The molecular formula is C23H25N3O3. The molecule has 6 heteroatoms. The highest BCUT2D eigenvalue weighted by Crippen LogP contribution is 2.50. The molecule has 4 rings (SSSR count). The summed E-state index contributed by atoms with van der Waals surface area (Å²) in [5.41, 5.74) is 4.05. The van der Waals surface area contributed by atoms with Gasteiger partial charge in [-0.05, 0) is 55.5 Å². The normalized spacial score (nSPS) is 21.8.